The molecule has 0 saturated carbocycles. The topological polar surface area (TPSA) is 38.9 Å². The maximum atomic E-state index is 5.59. The van der Waals surface area contributed by atoms with Crippen LogP contribution in [0.25, 0.3) is 10.1 Å². The van der Waals surface area contributed by atoms with Crippen LogP contribution < -0.4 is 5.73 Å². The van der Waals surface area contributed by atoms with Gasteiger partial charge in [-0.15, -0.1) is 0 Å². The maximum Gasteiger partial charge on any atom is 0.0695 e. The van der Waals surface area contributed by atoms with Crippen molar-refractivity contribution in [2.75, 3.05) is 0 Å². The molecule has 1 heterocycles. The van der Waals surface area contributed by atoms with Gasteiger partial charge in [-0.25, -0.2) is 0 Å². The molecule has 2 nitrogen and oxygen atoms in total. The molecule has 0 saturated heterocycles. The summed E-state index contributed by atoms with van der Waals surface area (Å²) in [5.41, 5.74) is 7.81. The second-order valence-corrected chi connectivity index (χ2v) is 4.55. The van der Waals surface area contributed by atoms with Gasteiger partial charge in [0.2, 0.25) is 0 Å². The molecule has 2 rings (SSSR count). The summed E-state index contributed by atoms with van der Waals surface area (Å²) in [4.78, 5) is 0. The molecule has 4 heteroatoms. The zero-order chi connectivity index (χ0) is 9.42. The first-order valence-electron chi connectivity index (χ1n) is 3.97. The Hall–Kier alpha value is -0.450. The number of halogens is 1. The summed E-state index contributed by atoms with van der Waals surface area (Å²) >= 11 is 5.04. The highest BCUT2D eigenvalue weighted by Crippen LogP contribution is 2.30. The van der Waals surface area contributed by atoms with Crippen molar-refractivity contribution in [1.82, 2.24) is 4.37 Å². The lowest BCUT2D eigenvalue weighted by Gasteiger charge is -1.99. The zero-order valence-electron chi connectivity index (χ0n) is 7.17. The van der Waals surface area contributed by atoms with Crippen molar-refractivity contribution in [1.29, 1.82) is 0 Å². The average molecular weight is 257 g/mol. The third-order valence-corrected chi connectivity index (χ3v) is 3.88. The van der Waals surface area contributed by atoms with Crippen LogP contribution in [0.2, 0.25) is 0 Å². The molecule has 0 bridgehead atoms. The first-order valence-corrected chi connectivity index (χ1v) is 5.53. The fourth-order valence-corrected chi connectivity index (χ4v) is 2.79. The van der Waals surface area contributed by atoms with E-state index in [1.165, 1.54) is 21.6 Å². The van der Waals surface area contributed by atoms with Gasteiger partial charge in [0.15, 0.2) is 0 Å². The van der Waals surface area contributed by atoms with Gasteiger partial charge < -0.3 is 5.73 Å². The number of nitrogens with zero attached hydrogens (tertiary/aromatic N) is 1. The molecule has 0 unspecified atom stereocenters. The Balaban J connectivity index is 2.80. The lowest BCUT2D eigenvalue weighted by Crippen LogP contribution is -1.95. The van der Waals surface area contributed by atoms with Crippen molar-refractivity contribution in [2.45, 2.75) is 13.5 Å². The first kappa shape index (κ1) is 9.12. The van der Waals surface area contributed by atoms with Gasteiger partial charge in [-0.05, 0) is 52.1 Å². The van der Waals surface area contributed by atoms with Gasteiger partial charge in [-0.3, -0.25) is 0 Å². The highest BCUT2D eigenvalue weighted by molar-refractivity contribution is 9.10. The summed E-state index contributed by atoms with van der Waals surface area (Å²) in [7, 11) is 0. The molecule has 1 aromatic heterocycles. The number of hydrogen-bond acceptors (Lipinski definition) is 3. The summed E-state index contributed by atoms with van der Waals surface area (Å²) < 4.78 is 6.60. The number of nitrogens with two attached hydrogens (primary N) is 1. The van der Waals surface area contributed by atoms with Crippen molar-refractivity contribution in [3.05, 3.63) is 27.9 Å². The van der Waals surface area contributed by atoms with Gasteiger partial charge in [0.1, 0.15) is 0 Å². The number of fused-ring (bicyclic) bond motifs is 1. The molecule has 13 heavy (non-hydrogen) atoms. The molecule has 0 atom stereocenters. The third kappa shape index (κ3) is 1.49. The van der Waals surface area contributed by atoms with Crippen LogP contribution in [-0.4, -0.2) is 4.37 Å². The molecule has 0 fully saturated rings. The highest BCUT2D eigenvalue weighted by Gasteiger charge is 2.06. The number of aromatic nitrogens is 1. The van der Waals surface area contributed by atoms with Gasteiger partial charge in [0.25, 0.3) is 0 Å². The Morgan fingerprint density at radius 1 is 1.54 bits per heavy atom. The second-order valence-electron chi connectivity index (χ2n) is 2.93. The molecule has 2 N–H and O–H groups in total. The molecule has 0 amide bonds. The number of benzene rings is 1. The number of rotatable bonds is 1. The largest absolute Gasteiger partial charge is 0.326 e. The van der Waals surface area contributed by atoms with Crippen LogP contribution in [0, 0.1) is 6.92 Å². The highest BCUT2D eigenvalue weighted by atomic mass is 79.9. The fraction of sp³-hybridized carbons (Fsp3) is 0.222. The Morgan fingerprint density at radius 3 is 3.00 bits per heavy atom. The Morgan fingerprint density at radius 2 is 2.31 bits per heavy atom. The van der Waals surface area contributed by atoms with Crippen molar-refractivity contribution < 1.29 is 0 Å². The van der Waals surface area contributed by atoms with Crippen molar-refractivity contribution in [2.24, 2.45) is 5.73 Å². The van der Waals surface area contributed by atoms with Crippen LogP contribution in [0.5, 0.6) is 0 Å². The van der Waals surface area contributed by atoms with Gasteiger partial charge >= 0.3 is 0 Å². The number of aryl methyl sites for hydroxylation is 1. The van der Waals surface area contributed by atoms with Crippen LogP contribution in [0.4, 0.5) is 0 Å². The molecule has 2 aromatic rings. The summed E-state index contributed by atoms with van der Waals surface area (Å²) in [6.07, 6.45) is 0. The maximum absolute atomic E-state index is 5.59. The third-order valence-electron chi connectivity index (χ3n) is 2.00. The molecule has 0 aliphatic carbocycles. The van der Waals surface area contributed by atoms with E-state index in [2.05, 4.69) is 32.4 Å². The predicted octanol–water partition coefficient (Wildman–Crippen LogP) is 2.83. The normalized spacial score (nSPS) is 11.0. The molecule has 0 spiro atoms. The molecule has 1 aromatic carbocycles. The lowest BCUT2D eigenvalue weighted by atomic mass is 10.1. The van der Waals surface area contributed by atoms with Crippen molar-refractivity contribution in [3.63, 3.8) is 0 Å². The Bertz CT molecular complexity index is 450. The van der Waals surface area contributed by atoms with Gasteiger partial charge in [0, 0.05) is 16.4 Å². The molecular formula is C9H9BrN2S. The van der Waals surface area contributed by atoms with E-state index < -0.39 is 0 Å². The monoisotopic (exact) mass is 256 g/mol. The minimum absolute atomic E-state index is 0.573. The van der Waals surface area contributed by atoms with Crippen molar-refractivity contribution >= 4 is 37.5 Å². The average Bonchev–Trinajstić information content (AvgIpc) is 2.48. The summed E-state index contributed by atoms with van der Waals surface area (Å²) in [6.45, 7) is 2.59. The van der Waals surface area contributed by atoms with E-state index in [4.69, 9.17) is 5.73 Å². The molecule has 68 valence electrons. The van der Waals surface area contributed by atoms with E-state index >= 15 is 0 Å². The van der Waals surface area contributed by atoms with E-state index in [0.29, 0.717) is 6.54 Å². The standard InChI is InChI=1S/C9H9BrN2S/c1-5-7-2-6(4-11)3-8(10)9(7)13-12-5/h2-3H,4,11H2,1H3. The van der Waals surface area contributed by atoms with Crippen LogP contribution in [0.15, 0.2) is 16.6 Å². The predicted molar refractivity (Wildman–Crippen MR) is 59.9 cm³/mol. The fourth-order valence-electron chi connectivity index (χ4n) is 1.29. The first-order chi connectivity index (χ1) is 6.22. The van der Waals surface area contributed by atoms with Gasteiger partial charge in [-0.2, -0.15) is 4.37 Å². The summed E-state index contributed by atoms with van der Waals surface area (Å²) in [5, 5.41) is 1.21. The smallest absolute Gasteiger partial charge is 0.0695 e. The minimum atomic E-state index is 0.573. The van der Waals surface area contributed by atoms with E-state index in [1.54, 1.807) is 0 Å². The zero-order valence-corrected chi connectivity index (χ0v) is 9.58. The lowest BCUT2D eigenvalue weighted by molar-refractivity contribution is 1.07. The molecular weight excluding hydrogens is 248 g/mol. The number of hydrogen-bond donors (Lipinski definition) is 1. The van der Waals surface area contributed by atoms with Crippen LogP contribution in [-0.2, 0) is 6.54 Å². The van der Waals surface area contributed by atoms with E-state index in [-0.39, 0.29) is 0 Å². The van der Waals surface area contributed by atoms with Crippen LogP contribution in [0.1, 0.15) is 11.3 Å². The Labute approximate surface area is 89.1 Å². The second kappa shape index (κ2) is 3.36. The molecule has 0 aliphatic rings. The van der Waals surface area contributed by atoms with Gasteiger partial charge in [0.05, 0.1) is 10.4 Å². The summed E-state index contributed by atoms with van der Waals surface area (Å²) in [6, 6.07) is 4.17. The molecule has 0 radical (unpaired) electrons. The van der Waals surface area contributed by atoms with Gasteiger partial charge in [-0.1, -0.05) is 0 Å². The molecule has 0 aliphatic heterocycles. The Kier molecular flexibility index (Phi) is 2.36. The minimum Gasteiger partial charge on any atom is -0.326 e. The van der Waals surface area contributed by atoms with Crippen LogP contribution in [0.3, 0.4) is 0 Å². The van der Waals surface area contributed by atoms with Crippen molar-refractivity contribution in [3.8, 4) is 0 Å². The quantitative estimate of drug-likeness (QED) is 0.853. The van der Waals surface area contributed by atoms with E-state index in [1.807, 2.05) is 6.92 Å². The SMILES string of the molecule is Cc1nsc2c(Br)cc(CN)cc12. The van der Waals surface area contributed by atoms with Crippen LogP contribution >= 0.6 is 27.5 Å². The van der Waals surface area contributed by atoms with E-state index in [0.717, 1.165) is 15.7 Å². The van der Waals surface area contributed by atoms with E-state index in [9.17, 15) is 0 Å². The summed E-state index contributed by atoms with van der Waals surface area (Å²) in [5.74, 6) is 0.